The largest absolute Gasteiger partial charge is 0.349 e. The Morgan fingerprint density at radius 2 is 2.31 bits per heavy atom. The topological polar surface area (TPSA) is 41.1 Å². The molecule has 1 aliphatic rings. The summed E-state index contributed by atoms with van der Waals surface area (Å²) in [4.78, 5) is 10.9. The average Bonchev–Trinajstić information content (AvgIpc) is 2.31. The van der Waals surface area contributed by atoms with Crippen molar-refractivity contribution in [2.24, 2.45) is 0 Å². The van der Waals surface area contributed by atoms with Gasteiger partial charge in [-0.1, -0.05) is 0 Å². The van der Waals surface area contributed by atoms with E-state index in [9.17, 15) is 0 Å². The van der Waals surface area contributed by atoms with Crippen LogP contribution in [0.15, 0.2) is 18.6 Å². The molecule has 0 saturated carbocycles. The van der Waals surface area contributed by atoms with Crippen LogP contribution < -0.4 is 10.2 Å². The van der Waals surface area contributed by atoms with E-state index in [-0.39, 0.29) is 0 Å². The number of hydrogen-bond acceptors (Lipinski definition) is 4. The highest BCUT2D eigenvalue weighted by atomic mass is 15.3. The first-order valence-corrected chi connectivity index (χ1v) is 6.04. The molecule has 1 unspecified atom stereocenters. The molecule has 0 radical (unpaired) electrons. The van der Waals surface area contributed by atoms with Crippen molar-refractivity contribution in [3.63, 3.8) is 0 Å². The van der Waals surface area contributed by atoms with Crippen molar-refractivity contribution < 1.29 is 0 Å². The molecule has 2 rings (SSSR count). The lowest BCUT2D eigenvalue weighted by Gasteiger charge is -2.38. The lowest BCUT2D eigenvalue weighted by atomic mass is 10.0. The second-order valence-corrected chi connectivity index (χ2v) is 4.56. The summed E-state index contributed by atoms with van der Waals surface area (Å²) in [7, 11) is 0. The van der Waals surface area contributed by atoms with E-state index >= 15 is 0 Å². The first-order valence-electron chi connectivity index (χ1n) is 6.04. The lowest BCUT2D eigenvalue weighted by Crippen LogP contribution is -2.49. The molecular weight excluding hydrogens is 200 g/mol. The minimum absolute atomic E-state index is 0.460. The number of hydrogen-bond donors (Lipinski definition) is 1. The van der Waals surface area contributed by atoms with Crippen molar-refractivity contribution >= 4 is 5.82 Å². The molecule has 0 aromatic carbocycles. The predicted molar refractivity (Wildman–Crippen MR) is 65.5 cm³/mol. The van der Waals surface area contributed by atoms with Crippen LogP contribution >= 0.6 is 0 Å². The summed E-state index contributed by atoms with van der Waals surface area (Å²) in [5.74, 6) is 0.992. The smallest absolute Gasteiger partial charge is 0.147 e. The third-order valence-electron chi connectivity index (χ3n) is 3.03. The summed E-state index contributed by atoms with van der Waals surface area (Å²) in [5, 5.41) is 3.45. The van der Waals surface area contributed by atoms with Crippen LogP contribution in [0.1, 0.15) is 26.7 Å². The zero-order chi connectivity index (χ0) is 11.4. The Morgan fingerprint density at radius 3 is 2.88 bits per heavy atom. The molecule has 1 aromatic heterocycles. The Kier molecular flexibility index (Phi) is 3.72. The highest BCUT2D eigenvalue weighted by Crippen LogP contribution is 2.20. The van der Waals surface area contributed by atoms with E-state index in [2.05, 4.69) is 34.0 Å². The normalized spacial score (nSPS) is 21.1. The molecule has 1 fully saturated rings. The average molecular weight is 220 g/mol. The van der Waals surface area contributed by atoms with Gasteiger partial charge in [0.05, 0.1) is 6.20 Å². The van der Waals surface area contributed by atoms with E-state index in [4.69, 9.17) is 0 Å². The SMILES string of the molecule is CC(C)N(c1cnccn1)C1CCCNC1. The molecule has 1 aromatic rings. The fourth-order valence-electron chi connectivity index (χ4n) is 2.37. The summed E-state index contributed by atoms with van der Waals surface area (Å²) in [6.07, 6.45) is 7.83. The summed E-state index contributed by atoms with van der Waals surface area (Å²) in [5.41, 5.74) is 0. The van der Waals surface area contributed by atoms with Crippen LogP contribution in [0.2, 0.25) is 0 Å². The molecule has 0 bridgehead atoms. The maximum atomic E-state index is 4.41. The van der Waals surface area contributed by atoms with E-state index in [1.165, 1.54) is 12.8 Å². The molecular formula is C12H20N4. The van der Waals surface area contributed by atoms with E-state index in [0.717, 1.165) is 18.9 Å². The van der Waals surface area contributed by atoms with Gasteiger partial charge in [-0.3, -0.25) is 4.98 Å². The fraction of sp³-hybridized carbons (Fsp3) is 0.667. The lowest BCUT2D eigenvalue weighted by molar-refractivity contribution is 0.412. The minimum Gasteiger partial charge on any atom is -0.349 e. The van der Waals surface area contributed by atoms with Gasteiger partial charge in [-0.15, -0.1) is 0 Å². The number of nitrogens with zero attached hydrogens (tertiary/aromatic N) is 3. The zero-order valence-corrected chi connectivity index (χ0v) is 10.1. The molecule has 0 spiro atoms. The van der Waals surface area contributed by atoms with Crippen molar-refractivity contribution in [2.45, 2.75) is 38.8 Å². The van der Waals surface area contributed by atoms with Crippen LogP contribution in [0.5, 0.6) is 0 Å². The first-order chi connectivity index (χ1) is 7.79. The summed E-state index contributed by atoms with van der Waals surface area (Å²) in [6.45, 7) is 6.62. The molecule has 1 aliphatic heterocycles. The third kappa shape index (κ3) is 2.50. The number of nitrogens with one attached hydrogen (secondary N) is 1. The fourth-order valence-corrected chi connectivity index (χ4v) is 2.37. The van der Waals surface area contributed by atoms with Crippen molar-refractivity contribution in [2.75, 3.05) is 18.0 Å². The Hall–Kier alpha value is -1.16. The molecule has 1 saturated heterocycles. The minimum atomic E-state index is 0.460. The van der Waals surface area contributed by atoms with Crippen molar-refractivity contribution in [3.05, 3.63) is 18.6 Å². The van der Waals surface area contributed by atoms with Crippen LogP contribution in [0, 0.1) is 0 Å². The zero-order valence-electron chi connectivity index (χ0n) is 10.1. The maximum Gasteiger partial charge on any atom is 0.147 e. The number of piperidine rings is 1. The van der Waals surface area contributed by atoms with Crippen LogP contribution in [0.4, 0.5) is 5.82 Å². The Balaban J connectivity index is 2.16. The van der Waals surface area contributed by atoms with Crippen LogP contribution in [0.3, 0.4) is 0 Å². The van der Waals surface area contributed by atoms with Gasteiger partial charge in [-0.25, -0.2) is 4.98 Å². The van der Waals surface area contributed by atoms with Crippen molar-refractivity contribution in [1.29, 1.82) is 0 Å². The highest BCUT2D eigenvalue weighted by Gasteiger charge is 2.24. The molecule has 1 N–H and O–H groups in total. The van der Waals surface area contributed by atoms with Crippen LogP contribution in [0.25, 0.3) is 0 Å². The van der Waals surface area contributed by atoms with Gasteiger partial charge in [0.25, 0.3) is 0 Å². The van der Waals surface area contributed by atoms with Gasteiger partial charge < -0.3 is 10.2 Å². The molecule has 4 heteroatoms. The first kappa shape index (κ1) is 11.3. The van der Waals surface area contributed by atoms with E-state index < -0.39 is 0 Å². The summed E-state index contributed by atoms with van der Waals surface area (Å²) >= 11 is 0. The van der Waals surface area contributed by atoms with Crippen molar-refractivity contribution in [3.8, 4) is 0 Å². The van der Waals surface area contributed by atoms with Gasteiger partial charge in [0.1, 0.15) is 5.82 Å². The van der Waals surface area contributed by atoms with Gasteiger partial charge >= 0.3 is 0 Å². The van der Waals surface area contributed by atoms with Gasteiger partial charge in [0.15, 0.2) is 0 Å². The maximum absolute atomic E-state index is 4.41. The molecule has 4 nitrogen and oxygen atoms in total. The molecule has 0 aliphatic carbocycles. The Morgan fingerprint density at radius 1 is 1.44 bits per heavy atom. The van der Waals surface area contributed by atoms with E-state index in [0.29, 0.717) is 12.1 Å². The van der Waals surface area contributed by atoms with Crippen LogP contribution in [-0.4, -0.2) is 35.1 Å². The van der Waals surface area contributed by atoms with Gasteiger partial charge in [-0.2, -0.15) is 0 Å². The predicted octanol–water partition coefficient (Wildman–Crippen LogP) is 1.44. The standard InChI is InChI=1S/C12H20N4/c1-10(2)16(11-4-3-5-13-8-11)12-9-14-6-7-15-12/h6-7,9-11,13H,3-5,8H2,1-2H3. The highest BCUT2D eigenvalue weighted by molar-refractivity contribution is 5.38. The Bertz CT molecular complexity index is 306. The van der Waals surface area contributed by atoms with E-state index in [1.54, 1.807) is 12.4 Å². The second kappa shape index (κ2) is 5.25. The number of aromatic nitrogens is 2. The molecule has 88 valence electrons. The third-order valence-corrected chi connectivity index (χ3v) is 3.03. The van der Waals surface area contributed by atoms with Crippen LogP contribution in [-0.2, 0) is 0 Å². The summed E-state index contributed by atoms with van der Waals surface area (Å²) < 4.78 is 0. The molecule has 1 atom stereocenters. The van der Waals surface area contributed by atoms with Crippen molar-refractivity contribution in [1.82, 2.24) is 15.3 Å². The Labute approximate surface area is 97.1 Å². The van der Waals surface area contributed by atoms with E-state index in [1.807, 2.05) is 6.20 Å². The molecule has 16 heavy (non-hydrogen) atoms. The number of anilines is 1. The summed E-state index contributed by atoms with van der Waals surface area (Å²) in [6, 6.07) is 1.01. The van der Waals surface area contributed by atoms with Gasteiger partial charge in [0, 0.05) is 31.0 Å². The van der Waals surface area contributed by atoms with Gasteiger partial charge in [-0.05, 0) is 33.2 Å². The second-order valence-electron chi connectivity index (χ2n) is 4.56. The van der Waals surface area contributed by atoms with Gasteiger partial charge in [0.2, 0.25) is 0 Å². The number of rotatable bonds is 3. The quantitative estimate of drug-likeness (QED) is 0.837. The molecule has 2 heterocycles. The molecule has 0 amide bonds. The monoisotopic (exact) mass is 220 g/mol.